The van der Waals surface area contributed by atoms with Gasteiger partial charge in [-0.1, -0.05) is 35.7 Å². The lowest BCUT2D eigenvalue weighted by Gasteiger charge is -2.25. The van der Waals surface area contributed by atoms with Crippen molar-refractivity contribution in [2.45, 2.75) is 38.0 Å². The van der Waals surface area contributed by atoms with Gasteiger partial charge in [0.1, 0.15) is 30.7 Å². The van der Waals surface area contributed by atoms with Gasteiger partial charge in [-0.25, -0.2) is 4.68 Å². The number of hydrogen-bond acceptors (Lipinski definition) is 14. The number of halogens is 1. The zero-order chi connectivity index (χ0) is 37.0. The molecule has 21 heteroatoms. The van der Waals surface area contributed by atoms with Crippen LogP contribution in [0.4, 0.5) is 5.82 Å². The van der Waals surface area contributed by atoms with Crippen molar-refractivity contribution in [3.05, 3.63) is 46.9 Å². The maximum atomic E-state index is 12.1. The number of rotatable bonds is 22. The third-order valence-electron chi connectivity index (χ3n) is 7.35. The molecule has 0 amide bonds. The minimum absolute atomic E-state index is 0.140. The molecule has 0 bridgehead atoms. The third-order valence-corrected chi connectivity index (χ3v) is 11.0. The molecule has 5 atom stereocenters. The van der Waals surface area contributed by atoms with E-state index in [-0.39, 0.29) is 17.5 Å². The molecule has 0 aliphatic carbocycles. The Hall–Kier alpha value is -2.56. The number of anilines is 1. The minimum atomic E-state index is -4.88. The summed E-state index contributed by atoms with van der Waals surface area (Å²) in [5.74, 6) is 1.37. The predicted molar refractivity (Wildman–Crippen MR) is 183 cm³/mol. The van der Waals surface area contributed by atoms with Gasteiger partial charge < -0.3 is 58.0 Å². The SMILES string of the molecule is C#CCOCCOCCOCCOCCN(Cc1cccc(C)c1)c1nc(Cl)nc2c1cnn2[C@@H]1O[C@H](COP(=O)(O)CP(=O)(O)O)[C@@H](O)[C@H]1O. The molecule has 0 saturated carbocycles. The van der Waals surface area contributed by atoms with Crippen molar-refractivity contribution in [2.75, 3.05) is 76.8 Å². The number of aromatic nitrogens is 4. The largest absolute Gasteiger partial charge is 0.387 e. The average Bonchev–Trinajstić information content (AvgIpc) is 3.59. The van der Waals surface area contributed by atoms with Gasteiger partial charge in [0.15, 0.2) is 17.8 Å². The molecule has 0 radical (unpaired) electrons. The Morgan fingerprint density at radius 2 is 1.67 bits per heavy atom. The fourth-order valence-corrected chi connectivity index (χ4v) is 7.83. The number of nitrogens with zero attached hydrogens (tertiary/aromatic N) is 5. The van der Waals surface area contributed by atoms with E-state index in [0.29, 0.717) is 70.5 Å². The Bertz CT molecular complexity index is 1710. The molecule has 3 aromatic rings. The Morgan fingerprint density at radius 3 is 2.31 bits per heavy atom. The molecule has 51 heavy (non-hydrogen) atoms. The van der Waals surface area contributed by atoms with Crippen molar-refractivity contribution < 1.29 is 62.2 Å². The van der Waals surface area contributed by atoms with Crippen molar-refractivity contribution in [3.63, 3.8) is 0 Å². The summed E-state index contributed by atoms with van der Waals surface area (Å²) in [7, 11) is -9.63. The van der Waals surface area contributed by atoms with Crippen LogP contribution in [-0.4, -0.2) is 135 Å². The van der Waals surface area contributed by atoms with Crippen LogP contribution < -0.4 is 4.90 Å². The fourth-order valence-electron chi connectivity index (χ4n) is 5.10. The van der Waals surface area contributed by atoms with E-state index in [1.54, 1.807) is 0 Å². The molecule has 1 unspecified atom stereocenters. The maximum Gasteiger partial charge on any atom is 0.340 e. The van der Waals surface area contributed by atoms with E-state index in [4.69, 9.17) is 56.0 Å². The highest BCUT2D eigenvalue weighted by Gasteiger charge is 2.46. The van der Waals surface area contributed by atoms with Crippen LogP contribution in [0.5, 0.6) is 0 Å². The lowest BCUT2D eigenvalue weighted by Crippen LogP contribution is -2.33. The Morgan fingerprint density at radius 1 is 1.00 bits per heavy atom. The van der Waals surface area contributed by atoms with Crippen LogP contribution in [0, 0.1) is 19.3 Å². The topological polar surface area (TPSA) is 238 Å². The third kappa shape index (κ3) is 12.8. The highest BCUT2D eigenvalue weighted by atomic mass is 35.5. The van der Waals surface area contributed by atoms with Crippen LogP contribution in [0.25, 0.3) is 11.0 Å². The summed E-state index contributed by atoms with van der Waals surface area (Å²) in [6, 6.07) is 7.93. The van der Waals surface area contributed by atoms with E-state index in [9.17, 15) is 24.2 Å². The first-order chi connectivity index (χ1) is 24.3. The van der Waals surface area contributed by atoms with Crippen LogP contribution in [0.15, 0.2) is 30.5 Å². The number of aliphatic hydroxyl groups excluding tert-OH is 2. The molecular weight excluding hydrogens is 736 g/mol. The quantitative estimate of drug-likeness (QED) is 0.0420. The zero-order valence-electron chi connectivity index (χ0n) is 27.8. The van der Waals surface area contributed by atoms with E-state index < -0.39 is 52.2 Å². The minimum Gasteiger partial charge on any atom is -0.387 e. The van der Waals surface area contributed by atoms with E-state index in [1.807, 2.05) is 36.1 Å². The molecule has 3 heterocycles. The summed E-state index contributed by atoms with van der Waals surface area (Å²) in [6.45, 7) is 4.86. The van der Waals surface area contributed by atoms with Crippen LogP contribution in [0.2, 0.25) is 5.28 Å². The van der Waals surface area contributed by atoms with E-state index in [1.165, 1.54) is 10.9 Å². The van der Waals surface area contributed by atoms with Gasteiger partial charge in [0, 0.05) is 13.1 Å². The summed E-state index contributed by atoms with van der Waals surface area (Å²) in [5.41, 5.74) is 2.21. The van der Waals surface area contributed by atoms with Crippen molar-refractivity contribution in [2.24, 2.45) is 0 Å². The summed E-state index contributed by atoms with van der Waals surface area (Å²) >= 11 is 6.41. The van der Waals surface area contributed by atoms with Crippen molar-refractivity contribution in [1.82, 2.24) is 19.7 Å². The van der Waals surface area contributed by atoms with Gasteiger partial charge in [0.25, 0.3) is 0 Å². The van der Waals surface area contributed by atoms with Crippen LogP contribution in [0.3, 0.4) is 0 Å². The molecule has 1 saturated heterocycles. The highest BCUT2D eigenvalue weighted by molar-refractivity contribution is 7.70. The van der Waals surface area contributed by atoms with Gasteiger partial charge >= 0.3 is 15.2 Å². The molecular formula is C30H42ClN5O13P2. The number of fused-ring (bicyclic) bond motifs is 1. The first-order valence-electron chi connectivity index (χ1n) is 15.8. The number of benzene rings is 1. The summed E-state index contributed by atoms with van der Waals surface area (Å²) in [4.78, 5) is 38.6. The number of ether oxygens (including phenoxy) is 5. The van der Waals surface area contributed by atoms with E-state index >= 15 is 0 Å². The zero-order valence-corrected chi connectivity index (χ0v) is 30.3. The Kier molecular flexibility index (Phi) is 15.8. The monoisotopic (exact) mass is 777 g/mol. The van der Waals surface area contributed by atoms with Gasteiger partial charge in [-0.15, -0.1) is 6.42 Å². The molecule has 282 valence electrons. The lowest BCUT2D eigenvalue weighted by atomic mass is 10.1. The van der Waals surface area contributed by atoms with E-state index in [0.717, 1.165) is 11.1 Å². The lowest BCUT2D eigenvalue weighted by molar-refractivity contribution is -0.0541. The van der Waals surface area contributed by atoms with Gasteiger partial charge in [-0.3, -0.25) is 9.13 Å². The van der Waals surface area contributed by atoms with Crippen molar-refractivity contribution in [1.29, 1.82) is 0 Å². The van der Waals surface area contributed by atoms with Gasteiger partial charge in [-0.05, 0) is 24.1 Å². The first-order valence-corrected chi connectivity index (χ1v) is 19.7. The smallest absolute Gasteiger partial charge is 0.340 e. The number of aliphatic hydroxyl groups is 2. The standard InChI is InChI=1S/C30H42ClN5O13P2/c1-3-8-44-10-12-46-14-15-47-13-11-45-9-7-35(18-22-6-4-5-21(2)16-22)27-23-17-32-36(28(23)34-30(31)33-27)29-26(38)25(37)24(49-29)19-48-51(42,43)20-50(39,40)41/h1,4-6,16-17,24-26,29,37-38H,7-15,18-20H2,2H3,(H,42,43)(H2,39,40,41)/t24-,25-,26-,29-/m1/s1. The number of terminal acetylenes is 1. The highest BCUT2D eigenvalue weighted by Crippen LogP contribution is 2.55. The Labute approximate surface area is 299 Å². The predicted octanol–water partition coefficient (Wildman–Crippen LogP) is 1.45. The molecule has 1 aliphatic rings. The summed E-state index contributed by atoms with van der Waals surface area (Å²) in [5, 5.41) is 26.1. The normalized spacial score (nSPS) is 20.4. The summed E-state index contributed by atoms with van der Waals surface area (Å²) in [6.07, 6.45) is 0.658. The number of aryl methyl sites for hydroxylation is 1. The fraction of sp³-hybridized carbons (Fsp3) is 0.567. The van der Waals surface area contributed by atoms with Gasteiger partial charge in [-0.2, -0.15) is 15.1 Å². The van der Waals surface area contributed by atoms with E-state index in [2.05, 4.69) is 21.0 Å². The molecule has 0 spiro atoms. The number of hydrogen-bond donors (Lipinski definition) is 5. The average molecular weight is 778 g/mol. The molecule has 1 aliphatic heterocycles. The van der Waals surface area contributed by atoms with Crippen molar-refractivity contribution in [3.8, 4) is 12.3 Å². The molecule has 18 nitrogen and oxygen atoms in total. The van der Waals surface area contributed by atoms with Crippen molar-refractivity contribution >= 4 is 43.6 Å². The second-order valence-corrected chi connectivity index (χ2v) is 15.8. The second kappa shape index (κ2) is 19.5. The second-order valence-electron chi connectivity index (χ2n) is 11.4. The molecule has 4 rings (SSSR count). The Balaban J connectivity index is 1.43. The summed E-state index contributed by atoms with van der Waals surface area (Å²) < 4.78 is 57.0. The first kappa shape index (κ1) is 41.2. The van der Waals surface area contributed by atoms with Crippen LogP contribution in [0.1, 0.15) is 17.4 Å². The molecule has 2 aromatic heterocycles. The molecule has 1 aromatic carbocycles. The van der Waals surface area contributed by atoms with Gasteiger partial charge in [0.2, 0.25) is 5.28 Å². The van der Waals surface area contributed by atoms with Crippen LogP contribution in [-0.2, 0) is 43.9 Å². The maximum absolute atomic E-state index is 12.1. The van der Waals surface area contributed by atoms with Crippen LogP contribution >= 0.6 is 26.8 Å². The molecule has 1 fully saturated rings. The molecule has 5 N–H and O–H groups in total. The van der Waals surface area contributed by atoms with Gasteiger partial charge in [0.05, 0.1) is 64.4 Å².